The van der Waals surface area contributed by atoms with E-state index in [2.05, 4.69) is 16.7 Å². The average molecular weight is 270 g/mol. The van der Waals surface area contributed by atoms with E-state index >= 15 is 0 Å². The monoisotopic (exact) mass is 270 g/mol. The van der Waals surface area contributed by atoms with Gasteiger partial charge >= 0.3 is 0 Å². The lowest BCUT2D eigenvalue weighted by atomic mass is 9.92. The van der Waals surface area contributed by atoms with E-state index in [1.165, 1.54) is 6.08 Å². The Kier molecular flexibility index (Phi) is 3.40. The van der Waals surface area contributed by atoms with Crippen molar-refractivity contribution in [1.29, 1.82) is 0 Å². The minimum absolute atomic E-state index is 0.392. The number of hydrogen-bond acceptors (Lipinski definition) is 4. The van der Waals surface area contributed by atoms with Gasteiger partial charge in [0.2, 0.25) is 11.6 Å². The molecule has 0 amide bonds. The van der Waals surface area contributed by atoms with E-state index in [4.69, 9.17) is 0 Å². The molecule has 1 heterocycles. The van der Waals surface area contributed by atoms with Gasteiger partial charge in [-0.3, -0.25) is 9.59 Å². The molecule has 0 bridgehead atoms. The molecule has 20 heavy (non-hydrogen) atoms. The summed E-state index contributed by atoms with van der Waals surface area (Å²) in [6.07, 6.45) is 1.51. The van der Waals surface area contributed by atoms with Gasteiger partial charge in [0.15, 0.2) is 0 Å². The first-order valence-electron chi connectivity index (χ1n) is 7.07. The Morgan fingerprint density at radius 2 is 1.65 bits per heavy atom. The Bertz CT molecular complexity index is 584. The van der Waals surface area contributed by atoms with Crippen LogP contribution in [0.2, 0.25) is 0 Å². The molecule has 1 aliphatic carbocycles. The van der Waals surface area contributed by atoms with Crippen molar-refractivity contribution in [2.75, 3.05) is 32.7 Å². The highest BCUT2D eigenvalue weighted by atomic mass is 16.2. The fraction of sp³-hybridized carbons (Fsp3) is 0.375. The number of rotatable bonds is 2. The molecule has 0 atom stereocenters. The lowest BCUT2D eigenvalue weighted by molar-refractivity contribution is -0.111. The van der Waals surface area contributed by atoms with Gasteiger partial charge in [0, 0.05) is 49.1 Å². The predicted octanol–water partition coefficient (Wildman–Crippen LogP) is 1.43. The van der Waals surface area contributed by atoms with Crippen LogP contribution in [0.3, 0.4) is 0 Å². The number of fused-ring (bicyclic) bond motifs is 1. The molecule has 0 radical (unpaired) electrons. The van der Waals surface area contributed by atoms with Gasteiger partial charge in [0.25, 0.3) is 0 Å². The summed E-state index contributed by atoms with van der Waals surface area (Å²) >= 11 is 0. The second kappa shape index (κ2) is 5.21. The van der Waals surface area contributed by atoms with Crippen LogP contribution in [-0.2, 0) is 4.79 Å². The second-order valence-corrected chi connectivity index (χ2v) is 5.19. The molecule has 0 N–H and O–H groups in total. The number of likely N-dealkylation sites (N-methyl/N-ethyl adjacent to an activating group) is 1. The van der Waals surface area contributed by atoms with Crippen molar-refractivity contribution < 1.29 is 9.59 Å². The van der Waals surface area contributed by atoms with Crippen molar-refractivity contribution in [3.63, 3.8) is 0 Å². The maximum atomic E-state index is 11.9. The molecule has 0 saturated carbocycles. The number of hydrogen-bond donors (Lipinski definition) is 0. The highest BCUT2D eigenvalue weighted by Gasteiger charge is 2.29. The summed E-state index contributed by atoms with van der Waals surface area (Å²) < 4.78 is 0. The zero-order chi connectivity index (χ0) is 14.1. The molecule has 1 aromatic rings. The van der Waals surface area contributed by atoms with Gasteiger partial charge in [-0.05, 0) is 6.54 Å². The fourth-order valence-electron chi connectivity index (χ4n) is 2.87. The summed E-state index contributed by atoms with van der Waals surface area (Å²) in [6.45, 7) is 7.01. The van der Waals surface area contributed by atoms with E-state index in [-0.39, 0.29) is 0 Å². The number of carbonyl (C=O) groups excluding carboxylic acids is 2. The van der Waals surface area contributed by atoms with Gasteiger partial charge in [0.05, 0.1) is 0 Å². The quantitative estimate of drug-likeness (QED) is 0.762. The number of piperazine rings is 1. The van der Waals surface area contributed by atoms with E-state index in [9.17, 15) is 9.59 Å². The third kappa shape index (κ3) is 2.16. The fourth-order valence-corrected chi connectivity index (χ4v) is 2.87. The molecule has 3 rings (SSSR count). The van der Waals surface area contributed by atoms with Gasteiger partial charge < -0.3 is 9.80 Å². The molecule has 1 aromatic carbocycles. The molecular formula is C16H18N2O2. The molecule has 4 nitrogen and oxygen atoms in total. The number of nitrogens with zero attached hydrogens (tertiary/aromatic N) is 2. The Morgan fingerprint density at radius 1 is 1.00 bits per heavy atom. The average Bonchev–Trinajstić information content (AvgIpc) is 2.51. The minimum atomic E-state index is -0.406. The summed E-state index contributed by atoms with van der Waals surface area (Å²) in [4.78, 5) is 28.4. The third-order valence-electron chi connectivity index (χ3n) is 4.10. The first-order chi connectivity index (χ1) is 9.70. The summed E-state index contributed by atoms with van der Waals surface area (Å²) in [6, 6.07) is 7.39. The van der Waals surface area contributed by atoms with Crippen LogP contribution in [0, 0.1) is 0 Å². The van der Waals surface area contributed by atoms with E-state index in [0.717, 1.165) is 44.0 Å². The summed E-state index contributed by atoms with van der Waals surface area (Å²) in [5.74, 6) is -0.798. The highest BCUT2D eigenvalue weighted by molar-refractivity contribution is 6.50. The lowest BCUT2D eigenvalue weighted by Gasteiger charge is -2.37. The van der Waals surface area contributed by atoms with E-state index in [1.54, 1.807) is 6.07 Å². The summed E-state index contributed by atoms with van der Waals surface area (Å²) in [7, 11) is 0. The Hall–Kier alpha value is -1.94. The first-order valence-corrected chi connectivity index (χ1v) is 7.07. The predicted molar refractivity (Wildman–Crippen MR) is 77.4 cm³/mol. The third-order valence-corrected chi connectivity index (χ3v) is 4.10. The van der Waals surface area contributed by atoms with E-state index < -0.39 is 11.6 Å². The number of ketones is 2. The molecule has 4 heteroatoms. The number of Topliss-reactive ketones (excluding diaryl/α,β-unsaturated/α-hetero) is 1. The van der Waals surface area contributed by atoms with Gasteiger partial charge in [-0.1, -0.05) is 31.2 Å². The van der Waals surface area contributed by atoms with Crippen LogP contribution in [0.4, 0.5) is 0 Å². The van der Waals surface area contributed by atoms with Crippen molar-refractivity contribution in [2.24, 2.45) is 0 Å². The molecule has 1 aliphatic heterocycles. The topological polar surface area (TPSA) is 40.6 Å². The standard InChI is InChI=1S/C16H18N2O2/c1-2-17-7-9-18(10-8-17)14-11-15(19)16(20)13-6-4-3-5-12(13)14/h3-6,11H,2,7-10H2,1H3. The van der Waals surface area contributed by atoms with Crippen LogP contribution in [-0.4, -0.2) is 54.1 Å². The number of benzene rings is 1. The van der Waals surface area contributed by atoms with Crippen molar-refractivity contribution in [3.05, 3.63) is 41.5 Å². The number of carbonyl (C=O) groups is 2. The maximum absolute atomic E-state index is 11.9. The molecule has 0 unspecified atom stereocenters. The van der Waals surface area contributed by atoms with Crippen LogP contribution in [0.15, 0.2) is 30.3 Å². The largest absolute Gasteiger partial charge is 0.368 e. The normalized spacial score (nSPS) is 19.9. The molecular weight excluding hydrogens is 252 g/mol. The SMILES string of the molecule is CCN1CCN(C2=CC(=O)C(=O)c3ccccc32)CC1. The van der Waals surface area contributed by atoms with Crippen LogP contribution < -0.4 is 0 Å². The molecule has 104 valence electrons. The summed E-state index contributed by atoms with van der Waals surface area (Å²) in [5, 5.41) is 0. The van der Waals surface area contributed by atoms with E-state index in [0.29, 0.717) is 5.56 Å². The zero-order valence-corrected chi connectivity index (χ0v) is 11.6. The molecule has 0 spiro atoms. The second-order valence-electron chi connectivity index (χ2n) is 5.19. The Morgan fingerprint density at radius 3 is 2.30 bits per heavy atom. The molecule has 0 aromatic heterocycles. The van der Waals surface area contributed by atoms with Crippen molar-refractivity contribution in [3.8, 4) is 0 Å². The van der Waals surface area contributed by atoms with Crippen molar-refractivity contribution in [1.82, 2.24) is 9.80 Å². The van der Waals surface area contributed by atoms with Crippen molar-refractivity contribution >= 4 is 17.3 Å². The van der Waals surface area contributed by atoms with Crippen molar-refractivity contribution in [2.45, 2.75) is 6.92 Å². The minimum Gasteiger partial charge on any atom is -0.368 e. The maximum Gasteiger partial charge on any atom is 0.233 e. The van der Waals surface area contributed by atoms with Crippen LogP contribution >= 0.6 is 0 Å². The molecule has 2 aliphatic rings. The van der Waals surface area contributed by atoms with Crippen LogP contribution in [0.5, 0.6) is 0 Å². The zero-order valence-electron chi connectivity index (χ0n) is 11.6. The van der Waals surface area contributed by atoms with Crippen LogP contribution in [0.1, 0.15) is 22.8 Å². The summed E-state index contributed by atoms with van der Waals surface area (Å²) in [5.41, 5.74) is 2.33. The van der Waals surface area contributed by atoms with Gasteiger partial charge in [-0.25, -0.2) is 0 Å². The first kappa shape index (κ1) is 13.1. The van der Waals surface area contributed by atoms with Gasteiger partial charge in [0.1, 0.15) is 0 Å². The van der Waals surface area contributed by atoms with E-state index in [1.807, 2.05) is 18.2 Å². The van der Waals surface area contributed by atoms with Gasteiger partial charge in [-0.2, -0.15) is 0 Å². The molecule has 1 fully saturated rings. The smallest absolute Gasteiger partial charge is 0.233 e. The van der Waals surface area contributed by atoms with Crippen LogP contribution in [0.25, 0.3) is 5.70 Å². The van der Waals surface area contributed by atoms with Gasteiger partial charge in [-0.15, -0.1) is 0 Å². The Balaban J connectivity index is 1.92. The molecule has 1 saturated heterocycles. The lowest BCUT2D eigenvalue weighted by Crippen LogP contribution is -2.45. The number of allylic oxidation sites excluding steroid dienone is 1. The highest BCUT2D eigenvalue weighted by Crippen LogP contribution is 2.28. The Labute approximate surface area is 118 Å².